The summed E-state index contributed by atoms with van der Waals surface area (Å²) in [5.74, 6) is -0.940. The molecular weight excluding hydrogens is 253 g/mol. The van der Waals surface area contributed by atoms with Gasteiger partial charge in [0.05, 0.1) is 11.0 Å². The van der Waals surface area contributed by atoms with Crippen LogP contribution in [0.4, 0.5) is 10.1 Å². The van der Waals surface area contributed by atoms with E-state index in [1.165, 1.54) is 0 Å². The molecule has 0 radical (unpaired) electrons. The number of amides is 1. The minimum Gasteiger partial charge on any atom is -0.351 e. The monoisotopic (exact) mass is 267 g/mol. The standard InChI is InChI=1S/C12H14FN3O3/c13-9-1-2-10(11(5-9)16(18)19)12(17)15-7-8-3-4-14-6-8/h1-2,5,8,14H,3-4,6-7H2,(H,15,17)/t8-/m1/s1. The van der Waals surface area contributed by atoms with Crippen molar-refractivity contribution in [3.05, 3.63) is 39.7 Å². The fraction of sp³-hybridized carbons (Fsp3) is 0.417. The first-order valence-electron chi connectivity index (χ1n) is 6.01. The van der Waals surface area contributed by atoms with Crippen molar-refractivity contribution in [2.45, 2.75) is 6.42 Å². The molecule has 1 saturated heterocycles. The lowest BCUT2D eigenvalue weighted by molar-refractivity contribution is -0.385. The molecule has 7 heteroatoms. The van der Waals surface area contributed by atoms with Crippen molar-refractivity contribution in [2.24, 2.45) is 5.92 Å². The maximum Gasteiger partial charge on any atom is 0.285 e. The van der Waals surface area contributed by atoms with E-state index in [2.05, 4.69) is 10.6 Å². The molecule has 19 heavy (non-hydrogen) atoms. The summed E-state index contributed by atoms with van der Waals surface area (Å²) < 4.78 is 13.0. The predicted molar refractivity (Wildman–Crippen MR) is 66.4 cm³/mol. The summed E-state index contributed by atoms with van der Waals surface area (Å²) in [7, 11) is 0. The molecule has 2 N–H and O–H groups in total. The zero-order valence-electron chi connectivity index (χ0n) is 10.2. The average molecular weight is 267 g/mol. The summed E-state index contributed by atoms with van der Waals surface area (Å²) in [5, 5.41) is 16.6. The minimum atomic E-state index is -0.755. The first-order chi connectivity index (χ1) is 9.08. The Kier molecular flexibility index (Phi) is 4.06. The van der Waals surface area contributed by atoms with Crippen LogP contribution >= 0.6 is 0 Å². The summed E-state index contributed by atoms with van der Waals surface area (Å²) >= 11 is 0. The molecule has 0 aromatic heterocycles. The summed E-state index contributed by atoms with van der Waals surface area (Å²) in [6, 6.07) is 2.93. The van der Waals surface area contributed by atoms with Crippen molar-refractivity contribution < 1.29 is 14.1 Å². The van der Waals surface area contributed by atoms with Crippen LogP contribution in [0.3, 0.4) is 0 Å². The third-order valence-corrected chi connectivity index (χ3v) is 3.11. The molecule has 1 aromatic carbocycles. The number of carbonyl (C=O) groups is 1. The van der Waals surface area contributed by atoms with Gasteiger partial charge in [-0.1, -0.05) is 0 Å². The Labute approximate surface area is 109 Å². The van der Waals surface area contributed by atoms with E-state index in [-0.39, 0.29) is 5.56 Å². The zero-order valence-corrected chi connectivity index (χ0v) is 10.2. The number of nitrogens with one attached hydrogen (secondary N) is 2. The largest absolute Gasteiger partial charge is 0.351 e. The molecule has 1 aliphatic rings. The van der Waals surface area contributed by atoms with Crippen LogP contribution in [0.1, 0.15) is 16.8 Å². The Balaban J connectivity index is 2.07. The molecule has 0 unspecified atom stereocenters. The second-order valence-corrected chi connectivity index (χ2v) is 4.49. The molecule has 1 amide bonds. The van der Waals surface area contributed by atoms with Crippen LogP contribution in [0.2, 0.25) is 0 Å². The maximum absolute atomic E-state index is 13.0. The Morgan fingerprint density at radius 3 is 3.00 bits per heavy atom. The van der Waals surface area contributed by atoms with Gasteiger partial charge in [-0.2, -0.15) is 0 Å². The van der Waals surface area contributed by atoms with Crippen LogP contribution in [-0.2, 0) is 0 Å². The number of benzene rings is 1. The minimum absolute atomic E-state index is 0.114. The smallest absolute Gasteiger partial charge is 0.285 e. The van der Waals surface area contributed by atoms with Gasteiger partial charge in [0, 0.05) is 6.54 Å². The van der Waals surface area contributed by atoms with Gasteiger partial charge in [-0.05, 0) is 37.6 Å². The second kappa shape index (κ2) is 5.75. The van der Waals surface area contributed by atoms with Crippen molar-refractivity contribution in [3.63, 3.8) is 0 Å². The number of hydrogen-bond donors (Lipinski definition) is 2. The first-order valence-corrected chi connectivity index (χ1v) is 6.01. The van der Waals surface area contributed by atoms with E-state index in [0.29, 0.717) is 12.5 Å². The van der Waals surface area contributed by atoms with Gasteiger partial charge >= 0.3 is 0 Å². The number of rotatable bonds is 4. The molecule has 1 aromatic rings. The summed E-state index contributed by atoms with van der Waals surface area (Å²) in [4.78, 5) is 21.9. The summed E-state index contributed by atoms with van der Waals surface area (Å²) in [5.41, 5.74) is -0.626. The number of hydrogen-bond acceptors (Lipinski definition) is 4. The van der Waals surface area contributed by atoms with E-state index >= 15 is 0 Å². The molecule has 0 bridgehead atoms. The van der Waals surface area contributed by atoms with E-state index < -0.39 is 22.3 Å². The molecule has 0 aliphatic carbocycles. The van der Waals surface area contributed by atoms with Gasteiger partial charge in [-0.25, -0.2) is 4.39 Å². The summed E-state index contributed by atoms with van der Waals surface area (Å²) in [6.45, 7) is 2.20. The Hall–Kier alpha value is -2.02. The number of nitro groups is 1. The highest BCUT2D eigenvalue weighted by atomic mass is 19.1. The Morgan fingerprint density at radius 1 is 1.58 bits per heavy atom. The molecular formula is C12H14FN3O3. The Bertz CT molecular complexity index is 501. The number of carbonyl (C=O) groups excluding carboxylic acids is 1. The van der Waals surface area contributed by atoms with Crippen molar-refractivity contribution in [2.75, 3.05) is 19.6 Å². The van der Waals surface area contributed by atoms with Crippen LogP contribution in [0.15, 0.2) is 18.2 Å². The van der Waals surface area contributed by atoms with Gasteiger partial charge in [-0.3, -0.25) is 14.9 Å². The number of halogens is 1. The van der Waals surface area contributed by atoms with Crippen LogP contribution in [-0.4, -0.2) is 30.5 Å². The molecule has 1 atom stereocenters. The van der Waals surface area contributed by atoms with E-state index in [1.54, 1.807) is 0 Å². The highest BCUT2D eigenvalue weighted by Crippen LogP contribution is 2.19. The lowest BCUT2D eigenvalue weighted by Crippen LogP contribution is -2.30. The van der Waals surface area contributed by atoms with Gasteiger partial charge in [0.15, 0.2) is 0 Å². The molecule has 0 spiro atoms. The van der Waals surface area contributed by atoms with Gasteiger partial charge in [0.25, 0.3) is 11.6 Å². The normalized spacial score (nSPS) is 18.3. The van der Waals surface area contributed by atoms with E-state index in [0.717, 1.165) is 37.7 Å². The van der Waals surface area contributed by atoms with Crippen LogP contribution in [0.5, 0.6) is 0 Å². The lowest BCUT2D eigenvalue weighted by atomic mass is 10.1. The SMILES string of the molecule is O=C(NC[C@@H]1CCNC1)c1ccc(F)cc1[N+](=O)[O-]. The quantitative estimate of drug-likeness (QED) is 0.631. The fourth-order valence-corrected chi connectivity index (χ4v) is 2.07. The van der Waals surface area contributed by atoms with Crippen LogP contribution < -0.4 is 10.6 Å². The average Bonchev–Trinajstić information content (AvgIpc) is 2.88. The topological polar surface area (TPSA) is 84.3 Å². The highest BCUT2D eigenvalue weighted by Gasteiger charge is 2.22. The van der Waals surface area contributed by atoms with Crippen LogP contribution in [0.25, 0.3) is 0 Å². The highest BCUT2D eigenvalue weighted by molar-refractivity contribution is 5.98. The number of nitrogens with zero attached hydrogens (tertiary/aromatic N) is 1. The van der Waals surface area contributed by atoms with Crippen LogP contribution in [0, 0.1) is 21.8 Å². The lowest BCUT2D eigenvalue weighted by Gasteiger charge is -2.10. The van der Waals surface area contributed by atoms with Crippen molar-refractivity contribution in [1.29, 1.82) is 0 Å². The van der Waals surface area contributed by atoms with Gasteiger partial charge < -0.3 is 10.6 Å². The van der Waals surface area contributed by atoms with E-state index in [4.69, 9.17) is 0 Å². The number of nitro benzene ring substituents is 1. The zero-order chi connectivity index (χ0) is 13.8. The van der Waals surface area contributed by atoms with Gasteiger partial charge in [-0.15, -0.1) is 0 Å². The molecule has 1 aliphatic heterocycles. The molecule has 0 saturated carbocycles. The first kappa shape index (κ1) is 13.4. The third kappa shape index (κ3) is 3.25. The molecule has 1 fully saturated rings. The van der Waals surface area contributed by atoms with Crippen molar-refractivity contribution in [1.82, 2.24) is 10.6 Å². The third-order valence-electron chi connectivity index (χ3n) is 3.11. The van der Waals surface area contributed by atoms with Crippen molar-refractivity contribution >= 4 is 11.6 Å². The van der Waals surface area contributed by atoms with E-state index in [9.17, 15) is 19.3 Å². The second-order valence-electron chi connectivity index (χ2n) is 4.49. The molecule has 1 heterocycles. The maximum atomic E-state index is 13.0. The van der Waals surface area contributed by atoms with Gasteiger partial charge in [0.1, 0.15) is 11.4 Å². The summed E-state index contributed by atoms with van der Waals surface area (Å²) in [6.07, 6.45) is 0.964. The van der Waals surface area contributed by atoms with Crippen molar-refractivity contribution in [3.8, 4) is 0 Å². The van der Waals surface area contributed by atoms with Gasteiger partial charge in [0.2, 0.25) is 0 Å². The fourth-order valence-electron chi connectivity index (χ4n) is 2.07. The van der Waals surface area contributed by atoms with E-state index in [1.807, 2.05) is 0 Å². The predicted octanol–water partition coefficient (Wildman–Crippen LogP) is 1.07. The molecule has 102 valence electrons. The molecule has 2 rings (SSSR count). The Morgan fingerprint density at radius 2 is 2.37 bits per heavy atom. The molecule has 6 nitrogen and oxygen atoms in total.